The molecule has 1 aromatic heterocycles. The second kappa shape index (κ2) is 5.85. The molecule has 20 heavy (non-hydrogen) atoms. The highest BCUT2D eigenvalue weighted by Crippen LogP contribution is 2.37. The number of nitrogens with one attached hydrogen (secondary N) is 2. The van der Waals surface area contributed by atoms with Gasteiger partial charge in [0, 0.05) is 12.7 Å². The average molecular weight is 319 g/mol. The molecule has 0 aromatic carbocycles. The quantitative estimate of drug-likeness (QED) is 0.569. The van der Waals surface area contributed by atoms with Crippen LogP contribution in [0.4, 0.5) is 5.82 Å². The molecule has 112 valence electrons. The Hall–Kier alpha value is -0.890. The van der Waals surface area contributed by atoms with Gasteiger partial charge in [0.05, 0.1) is 5.02 Å². The lowest BCUT2D eigenvalue weighted by molar-refractivity contribution is 0.336. The van der Waals surface area contributed by atoms with Crippen molar-refractivity contribution in [3.63, 3.8) is 0 Å². The zero-order valence-electron chi connectivity index (χ0n) is 11.3. The van der Waals surface area contributed by atoms with Gasteiger partial charge in [0.1, 0.15) is 4.90 Å². The highest BCUT2D eigenvalue weighted by molar-refractivity contribution is 7.89. The van der Waals surface area contributed by atoms with E-state index in [1.807, 2.05) is 0 Å². The summed E-state index contributed by atoms with van der Waals surface area (Å²) < 4.78 is 27.1. The summed E-state index contributed by atoms with van der Waals surface area (Å²) >= 11 is 5.89. The Morgan fingerprint density at radius 3 is 2.65 bits per heavy atom. The first-order valence-electron chi connectivity index (χ1n) is 6.48. The first-order valence-corrected chi connectivity index (χ1v) is 8.34. The van der Waals surface area contributed by atoms with Crippen LogP contribution < -0.4 is 16.0 Å². The van der Waals surface area contributed by atoms with Crippen molar-refractivity contribution in [2.45, 2.75) is 37.5 Å². The molecule has 1 aliphatic rings. The maximum atomic E-state index is 12.2. The van der Waals surface area contributed by atoms with E-state index in [4.69, 9.17) is 17.4 Å². The maximum absolute atomic E-state index is 12.2. The van der Waals surface area contributed by atoms with Gasteiger partial charge >= 0.3 is 0 Å². The SMILES string of the molecule is CC1(CNS(=O)(=O)c2cnc(NN)c(Cl)c2)CCCC1. The number of hydrogen-bond acceptors (Lipinski definition) is 5. The number of nitrogens with two attached hydrogens (primary N) is 1. The molecule has 0 spiro atoms. The van der Waals surface area contributed by atoms with E-state index in [0.717, 1.165) is 25.7 Å². The molecule has 1 aliphatic carbocycles. The normalized spacial score (nSPS) is 18.1. The van der Waals surface area contributed by atoms with Crippen molar-refractivity contribution in [3.05, 3.63) is 17.3 Å². The zero-order valence-corrected chi connectivity index (χ0v) is 12.9. The van der Waals surface area contributed by atoms with Crippen LogP contribution >= 0.6 is 11.6 Å². The number of aromatic nitrogens is 1. The minimum absolute atomic E-state index is 0.0445. The minimum atomic E-state index is -3.60. The molecule has 0 bridgehead atoms. The van der Waals surface area contributed by atoms with Crippen molar-refractivity contribution < 1.29 is 8.42 Å². The van der Waals surface area contributed by atoms with Gasteiger partial charge in [0.2, 0.25) is 10.0 Å². The van der Waals surface area contributed by atoms with Gasteiger partial charge < -0.3 is 5.43 Å². The average Bonchev–Trinajstić information content (AvgIpc) is 2.84. The molecule has 2 rings (SSSR count). The highest BCUT2D eigenvalue weighted by Gasteiger charge is 2.30. The van der Waals surface area contributed by atoms with Crippen LogP contribution in [0.15, 0.2) is 17.2 Å². The Labute approximate surface area is 124 Å². The van der Waals surface area contributed by atoms with Crippen LogP contribution in [0.3, 0.4) is 0 Å². The van der Waals surface area contributed by atoms with Crippen molar-refractivity contribution in [1.29, 1.82) is 0 Å². The van der Waals surface area contributed by atoms with Gasteiger partial charge in [-0.15, -0.1) is 0 Å². The number of sulfonamides is 1. The van der Waals surface area contributed by atoms with Crippen molar-refractivity contribution in [1.82, 2.24) is 9.71 Å². The fourth-order valence-electron chi connectivity index (χ4n) is 2.43. The minimum Gasteiger partial charge on any atom is -0.307 e. The molecule has 0 amide bonds. The van der Waals surface area contributed by atoms with E-state index in [0.29, 0.717) is 6.54 Å². The van der Waals surface area contributed by atoms with Crippen LogP contribution in [0.2, 0.25) is 5.02 Å². The van der Waals surface area contributed by atoms with E-state index in [2.05, 4.69) is 22.1 Å². The smallest absolute Gasteiger partial charge is 0.242 e. The van der Waals surface area contributed by atoms with Crippen molar-refractivity contribution in [2.75, 3.05) is 12.0 Å². The predicted molar refractivity (Wildman–Crippen MR) is 78.8 cm³/mol. The Bertz CT molecular complexity index is 585. The summed E-state index contributed by atoms with van der Waals surface area (Å²) in [6.45, 7) is 2.54. The second-order valence-corrected chi connectivity index (χ2v) is 7.66. The van der Waals surface area contributed by atoms with E-state index in [9.17, 15) is 8.42 Å². The predicted octanol–water partition coefficient (Wildman–Crippen LogP) is 1.88. The van der Waals surface area contributed by atoms with E-state index in [1.165, 1.54) is 12.3 Å². The van der Waals surface area contributed by atoms with Gasteiger partial charge in [0.25, 0.3) is 0 Å². The second-order valence-electron chi connectivity index (χ2n) is 5.49. The molecule has 0 saturated heterocycles. The molecular formula is C12H19ClN4O2S. The Balaban J connectivity index is 2.12. The van der Waals surface area contributed by atoms with Crippen LogP contribution in [0, 0.1) is 5.41 Å². The summed E-state index contributed by atoms with van der Waals surface area (Å²) in [6.07, 6.45) is 5.64. The van der Waals surface area contributed by atoms with E-state index >= 15 is 0 Å². The molecule has 1 aromatic rings. The van der Waals surface area contributed by atoms with Crippen LogP contribution in [0.1, 0.15) is 32.6 Å². The van der Waals surface area contributed by atoms with Crippen molar-refractivity contribution in [3.8, 4) is 0 Å². The Kier molecular flexibility index (Phi) is 4.53. The maximum Gasteiger partial charge on any atom is 0.242 e. The largest absolute Gasteiger partial charge is 0.307 e. The van der Waals surface area contributed by atoms with E-state index < -0.39 is 10.0 Å². The third kappa shape index (κ3) is 3.41. The lowest BCUT2D eigenvalue weighted by Gasteiger charge is -2.23. The molecule has 1 saturated carbocycles. The number of nitrogen functional groups attached to an aromatic ring is 1. The number of rotatable bonds is 5. The summed E-state index contributed by atoms with van der Waals surface area (Å²) in [6, 6.07) is 1.34. The Morgan fingerprint density at radius 2 is 2.10 bits per heavy atom. The number of hydrogen-bond donors (Lipinski definition) is 3. The molecule has 4 N–H and O–H groups in total. The molecule has 0 radical (unpaired) electrons. The summed E-state index contributed by atoms with van der Waals surface area (Å²) in [5.74, 6) is 5.45. The fourth-order valence-corrected chi connectivity index (χ4v) is 3.89. The number of anilines is 1. The summed E-state index contributed by atoms with van der Waals surface area (Å²) in [5.41, 5.74) is 2.34. The lowest BCUT2D eigenvalue weighted by Crippen LogP contribution is -2.34. The molecule has 8 heteroatoms. The highest BCUT2D eigenvalue weighted by atomic mass is 35.5. The lowest BCUT2D eigenvalue weighted by atomic mass is 9.89. The molecule has 0 unspecified atom stereocenters. The van der Waals surface area contributed by atoms with Gasteiger partial charge in [-0.3, -0.25) is 0 Å². The molecule has 0 aliphatic heterocycles. The topological polar surface area (TPSA) is 97.1 Å². The molecule has 0 atom stereocenters. The van der Waals surface area contributed by atoms with E-state index in [-0.39, 0.29) is 21.2 Å². The fraction of sp³-hybridized carbons (Fsp3) is 0.583. The molecule has 1 heterocycles. The van der Waals surface area contributed by atoms with Gasteiger partial charge in [-0.2, -0.15) is 0 Å². The van der Waals surface area contributed by atoms with Gasteiger partial charge in [0.15, 0.2) is 5.82 Å². The summed E-state index contributed by atoms with van der Waals surface area (Å²) in [5, 5.41) is 0.169. The molecule has 6 nitrogen and oxygen atoms in total. The molecular weight excluding hydrogens is 300 g/mol. The number of nitrogens with zero attached hydrogens (tertiary/aromatic N) is 1. The first-order chi connectivity index (χ1) is 9.36. The van der Waals surface area contributed by atoms with Crippen molar-refractivity contribution >= 4 is 27.4 Å². The van der Waals surface area contributed by atoms with Crippen LogP contribution in [0.25, 0.3) is 0 Å². The number of hydrazine groups is 1. The summed E-state index contributed by atoms with van der Waals surface area (Å²) in [4.78, 5) is 3.92. The Morgan fingerprint density at radius 1 is 1.45 bits per heavy atom. The van der Waals surface area contributed by atoms with E-state index in [1.54, 1.807) is 0 Å². The third-order valence-corrected chi connectivity index (χ3v) is 5.42. The van der Waals surface area contributed by atoms with Crippen LogP contribution in [-0.4, -0.2) is 19.9 Å². The molecule has 1 fully saturated rings. The first kappa shape index (κ1) is 15.5. The number of halogens is 1. The van der Waals surface area contributed by atoms with Gasteiger partial charge in [-0.05, 0) is 24.3 Å². The van der Waals surface area contributed by atoms with Gasteiger partial charge in [-0.1, -0.05) is 31.4 Å². The van der Waals surface area contributed by atoms with Gasteiger partial charge in [-0.25, -0.2) is 24.0 Å². The zero-order chi connectivity index (χ0) is 14.8. The van der Waals surface area contributed by atoms with Crippen LogP contribution in [-0.2, 0) is 10.0 Å². The third-order valence-electron chi connectivity index (χ3n) is 3.76. The summed E-state index contributed by atoms with van der Waals surface area (Å²) in [7, 11) is -3.60. The number of pyridine rings is 1. The standard InChI is InChI=1S/C12H19ClN4O2S/c1-12(4-2-3-5-12)8-16-20(18,19)9-6-10(13)11(17-14)15-7-9/h6-7,16H,2-5,8,14H2,1H3,(H,15,17). The monoisotopic (exact) mass is 318 g/mol. The van der Waals surface area contributed by atoms with Crippen molar-refractivity contribution in [2.24, 2.45) is 11.3 Å². The van der Waals surface area contributed by atoms with Crippen LogP contribution in [0.5, 0.6) is 0 Å².